The van der Waals surface area contributed by atoms with E-state index in [9.17, 15) is 0 Å². The Labute approximate surface area is 187 Å². The molecule has 0 saturated carbocycles. The van der Waals surface area contributed by atoms with E-state index in [4.69, 9.17) is 14.5 Å². The minimum absolute atomic E-state index is 0. The normalized spacial score (nSPS) is 21.3. The van der Waals surface area contributed by atoms with E-state index in [1.807, 2.05) is 0 Å². The van der Waals surface area contributed by atoms with Gasteiger partial charge in [-0.1, -0.05) is 31.2 Å². The SMILES string of the molecule is CCNC(=NCc1cccc(COC2CCOCC2)c1)N1CCCC(C)C1.I. The van der Waals surface area contributed by atoms with E-state index in [2.05, 4.69) is 48.3 Å². The second-order valence-electron chi connectivity index (χ2n) is 7.81. The summed E-state index contributed by atoms with van der Waals surface area (Å²) in [5.41, 5.74) is 2.47. The lowest BCUT2D eigenvalue weighted by molar-refractivity contribution is -0.0390. The van der Waals surface area contributed by atoms with Gasteiger partial charge in [-0.2, -0.15) is 0 Å². The molecule has 0 spiro atoms. The van der Waals surface area contributed by atoms with Gasteiger partial charge in [-0.15, -0.1) is 24.0 Å². The van der Waals surface area contributed by atoms with Crippen LogP contribution in [-0.2, 0) is 22.6 Å². The smallest absolute Gasteiger partial charge is 0.194 e. The van der Waals surface area contributed by atoms with Gasteiger partial charge >= 0.3 is 0 Å². The number of nitrogens with zero attached hydrogens (tertiary/aromatic N) is 2. The van der Waals surface area contributed by atoms with Gasteiger partial charge in [0.25, 0.3) is 0 Å². The van der Waals surface area contributed by atoms with Gasteiger partial charge in [-0.05, 0) is 49.7 Å². The van der Waals surface area contributed by atoms with Crippen molar-refractivity contribution >= 4 is 29.9 Å². The third-order valence-electron chi connectivity index (χ3n) is 5.35. The third kappa shape index (κ3) is 7.52. The van der Waals surface area contributed by atoms with Gasteiger partial charge in [0.2, 0.25) is 0 Å². The number of ether oxygens (including phenoxy) is 2. The van der Waals surface area contributed by atoms with Crippen LogP contribution in [0.3, 0.4) is 0 Å². The Bertz CT molecular complexity index is 605. The van der Waals surface area contributed by atoms with Crippen LogP contribution in [0.4, 0.5) is 0 Å². The highest BCUT2D eigenvalue weighted by Gasteiger charge is 2.19. The largest absolute Gasteiger partial charge is 0.381 e. The fourth-order valence-electron chi connectivity index (χ4n) is 3.85. The van der Waals surface area contributed by atoms with Crippen LogP contribution in [-0.4, -0.2) is 49.8 Å². The molecule has 2 aliphatic rings. The Balaban J connectivity index is 0.00000280. The van der Waals surface area contributed by atoms with Crippen LogP contribution in [0.25, 0.3) is 0 Å². The van der Waals surface area contributed by atoms with E-state index < -0.39 is 0 Å². The van der Waals surface area contributed by atoms with Crippen LogP contribution in [0.5, 0.6) is 0 Å². The maximum absolute atomic E-state index is 6.06. The number of nitrogens with one attached hydrogen (secondary N) is 1. The molecule has 1 aromatic rings. The van der Waals surface area contributed by atoms with Crippen molar-refractivity contribution in [3.63, 3.8) is 0 Å². The van der Waals surface area contributed by atoms with Crippen LogP contribution < -0.4 is 5.32 Å². The van der Waals surface area contributed by atoms with Crippen molar-refractivity contribution in [1.29, 1.82) is 0 Å². The van der Waals surface area contributed by atoms with Crippen LogP contribution in [0, 0.1) is 5.92 Å². The maximum Gasteiger partial charge on any atom is 0.194 e. The average molecular weight is 501 g/mol. The van der Waals surface area contributed by atoms with Gasteiger partial charge in [0.05, 0.1) is 19.3 Å². The van der Waals surface area contributed by atoms with Crippen LogP contribution in [0.2, 0.25) is 0 Å². The molecule has 158 valence electrons. The quantitative estimate of drug-likeness (QED) is 0.361. The average Bonchev–Trinajstić information content (AvgIpc) is 2.71. The molecule has 0 aromatic heterocycles. The fraction of sp³-hybridized carbons (Fsp3) is 0.682. The monoisotopic (exact) mass is 501 g/mol. The minimum Gasteiger partial charge on any atom is -0.381 e. The predicted molar refractivity (Wildman–Crippen MR) is 125 cm³/mol. The fourth-order valence-corrected chi connectivity index (χ4v) is 3.85. The summed E-state index contributed by atoms with van der Waals surface area (Å²) >= 11 is 0. The van der Waals surface area contributed by atoms with Crippen LogP contribution in [0.15, 0.2) is 29.3 Å². The lowest BCUT2D eigenvalue weighted by atomic mass is 10.0. The summed E-state index contributed by atoms with van der Waals surface area (Å²) < 4.78 is 11.5. The van der Waals surface area contributed by atoms with Crippen molar-refractivity contribution in [3.05, 3.63) is 35.4 Å². The summed E-state index contributed by atoms with van der Waals surface area (Å²) in [5.74, 6) is 1.79. The van der Waals surface area contributed by atoms with Gasteiger partial charge in [0.15, 0.2) is 5.96 Å². The molecule has 0 bridgehead atoms. The summed E-state index contributed by atoms with van der Waals surface area (Å²) in [6, 6.07) is 8.64. The number of aliphatic imine (C=N–C) groups is 1. The highest BCUT2D eigenvalue weighted by atomic mass is 127. The van der Waals surface area contributed by atoms with Gasteiger partial charge < -0.3 is 19.7 Å². The number of benzene rings is 1. The second-order valence-corrected chi connectivity index (χ2v) is 7.81. The van der Waals surface area contributed by atoms with Crippen molar-refractivity contribution in [3.8, 4) is 0 Å². The summed E-state index contributed by atoms with van der Waals surface area (Å²) in [6.45, 7) is 10.6. The molecule has 0 amide bonds. The van der Waals surface area contributed by atoms with Crippen molar-refractivity contribution in [2.24, 2.45) is 10.9 Å². The van der Waals surface area contributed by atoms with E-state index >= 15 is 0 Å². The molecule has 3 rings (SSSR count). The summed E-state index contributed by atoms with van der Waals surface area (Å²) in [6.07, 6.45) is 4.92. The molecular weight excluding hydrogens is 465 g/mol. The molecule has 2 fully saturated rings. The molecule has 1 N–H and O–H groups in total. The summed E-state index contributed by atoms with van der Waals surface area (Å²) in [7, 11) is 0. The zero-order chi connectivity index (χ0) is 18.9. The van der Waals surface area contributed by atoms with Gasteiger partial charge in [-0.25, -0.2) is 4.99 Å². The third-order valence-corrected chi connectivity index (χ3v) is 5.35. The molecule has 6 heteroatoms. The molecule has 2 saturated heterocycles. The zero-order valence-corrected chi connectivity index (χ0v) is 19.7. The molecule has 2 aliphatic heterocycles. The Hall–Kier alpha value is -0.860. The highest BCUT2D eigenvalue weighted by molar-refractivity contribution is 14.0. The Kier molecular flexibility index (Phi) is 10.6. The molecule has 0 aliphatic carbocycles. The first-order chi connectivity index (χ1) is 13.2. The molecular formula is C22H36IN3O2. The first-order valence-corrected chi connectivity index (χ1v) is 10.5. The summed E-state index contributed by atoms with van der Waals surface area (Å²) in [4.78, 5) is 7.32. The Morgan fingerprint density at radius 2 is 2.04 bits per heavy atom. The van der Waals surface area contributed by atoms with Crippen molar-refractivity contribution < 1.29 is 9.47 Å². The topological polar surface area (TPSA) is 46.1 Å². The zero-order valence-electron chi connectivity index (χ0n) is 17.4. The van der Waals surface area contributed by atoms with Gasteiger partial charge in [0.1, 0.15) is 0 Å². The van der Waals surface area contributed by atoms with E-state index in [1.54, 1.807) is 0 Å². The molecule has 1 aromatic carbocycles. The standard InChI is InChI=1S/C22H35N3O2.HI/c1-3-23-22(25-11-5-6-18(2)16-25)24-15-19-7-4-8-20(14-19)17-27-21-9-12-26-13-10-21;/h4,7-8,14,18,21H,3,5-6,9-13,15-17H2,1-2H3,(H,23,24);1H. The minimum atomic E-state index is 0. The molecule has 5 nitrogen and oxygen atoms in total. The van der Waals surface area contributed by atoms with Gasteiger partial charge in [-0.3, -0.25) is 0 Å². The van der Waals surface area contributed by atoms with Crippen LogP contribution in [0.1, 0.15) is 50.7 Å². The van der Waals surface area contributed by atoms with Crippen LogP contribution >= 0.6 is 24.0 Å². The number of guanidine groups is 1. The number of hydrogen-bond acceptors (Lipinski definition) is 3. The first-order valence-electron chi connectivity index (χ1n) is 10.5. The van der Waals surface area contributed by atoms with E-state index in [1.165, 1.54) is 24.0 Å². The highest BCUT2D eigenvalue weighted by Crippen LogP contribution is 2.17. The molecule has 1 atom stereocenters. The number of hydrogen-bond donors (Lipinski definition) is 1. The maximum atomic E-state index is 6.06. The Morgan fingerprint density at radius 3 is 2.79 bits per heavy atom. The van der Waals surface area contributed by atoms with Crippen molar-refractivity contribution in [1.82, 2.24) is 10.2 Å². The number of piperidine rings is 1. The van der Waals surface area contributed by atoms with E-state index in [0.29, 0.717) is 19.3 Å². The number of halogens is 1. The molecule has 1 unspecified atom stereocenters. The molecule has 28 heavy (non-hydrogen) atoms. The first kappa shape index (κ1) is 23.4. The van der Waals surface area contributed by atoms with E-state index in [0.717, 1.165) is 57.6 Å². The van der Waals surface area contributed by atoms with Crippen molar-refractivity contribution in [2.75, 3.05) is 32.8 Å². The molecule has 0 radical (unpaired) electrons. The Morgan fingerprint density at radius 1 is 1.25 bits per heavy atom. The van der Waals surface area contributed by atoms with Gasteiger partial charge in [0, 0.05) is 32.8 Å². The lowest BCUT2D eigenvalue weighted by Gasteiger charge is -2.33. The second kappa shape index (κ2) is 12.6. The van der Waals surface area contributed by atoms with E-state index in [-0.39, 0.29) is 24.0 Å². The number of rotatable bonds is 6. The van der Waals surface area contributed by atoms with Crippen molar-refractivity contribution in [2.45, 2.75) is 58.8 Å². The lowest BCUT2D eigenvalue weighted by Crippen LogP contribution is -2.46. The predicted octanol–water partition coefficient (Wildman–Crippen LogP) is 4.20. The molecule has 2 heterocycles. The summed E-state index contributed by atoms with van der Waals surface area (Å²) in [5, 5.41) is 3.47. The number of likely N-dealkylation sites (tertiary alicyclic amines) is 1.